The van der Waals surface area contributed by atoms with E-state index in [0.717, 1.165) is 32.2 Å². The van der Waals surface area contributed by atoms with Crippen LogP contribution in [-0.4, -0.2) is 29.8 Å². The molecule has 2 amide bonds. The summed E-state index contributed by atoms with van der Waals surface area (Å²) in [5.41, 5.74) is 4.95. The van der Waals surface area contributed by atoms with Crippen molar-refractivity contribution in [2.45, 2.75) is 32.1 Å². The summed E-state index contributed by atoms with van der Waals surface area (Å²) in [6, 6.07) is 0. The van der Waals surface area contributed by atoms with Crippen LogP contribution in [0.15, 0.2) is 0 Å². The molecule has 0 radical (unpaired) electrons. The predicted octanol–water partition coefficient (Wildman–Crippen LogP) is 0.264. The smallest absolute Gasteiger partial charge is 0.237 e. The van der Waals surface area contributed by atoms with Gasteiger partial charge >= 0.3 is 0 Å². The Morgan fingerprint density at radius 3 is 2.50 bits per heavy atom. The number of hydrogen-bond donors (Lipinski definition) is 1. The van der Waals surface area contributed by atoms with Crippen LogP contribution < -0.4 is 5.73 Å². The number of nitrogens with two attached hydrogens (primary N) is 1. The van der Waals surface area contributed by atoms with Crippen LogP contribution >= 0.6 is 0 Å². The Hall–Kier alpha value is -1.06. The molecule has 1 aliphatic heterocycles. The molecule has 4 nitrogen and oxygen atoms in total. The predicted molar refractivity (Wildman–Crippen MR) is 51.3 cm³/mol. The summed E-state index contributed by atoms with van der Waals surface area (Å²) in [4.78, 5) is 24.0. The maximum atomic E-state index is 11.8. The standard InChI is InChI=1S/C10H16N2O2/c11-8(13)6-12-7-10(9(12)14)4-2-1-3-5-10/h1-7H2,(H2,11,13). The normalized spacial score (nSPS) is 24.9. The van der Waals surface area contributed by atoms with Gasteiger partial charge in [-0.1, -0.05) is 19.3 Å². The summed E-state index contributed by atoms with van der Waals surface area (Å²) in [5.74, 6) is -0.264. The molecule has 0 unspecified atom stereocenters. The summed E-state index contributed by atoms with van der Waals surface area (Å²) in [7, 11) is 0. The van der Waals surface area contributed by atoms with E-state index in [9.17, 15) is 9.59 Å². The Morgan fingerprint density at radius 2 is 2.00 bits per heavy atom. The number of nitrogens with zero attached hydrogens (tertiary/aromatic N) is 1. The van der Waals surface area contributed by atoms with E-state index in [-0.39, 0.29) is 17.9 Å². The van der Waals surface area contributed by atoms with Crippen LogP contribution in [-0.2, 0) is 9.59 Å². The highest BCUT2D eigenvalue weighted by molar-refractivity contribution is 5.92. The van der Waals surface area contributed by atoms with Crippen molar-refractivity contribution in [3.8, 4) is 0 Å². The molecule has 0 aromatic carbocycles. The number of likely N-dealkylation sites (tertiary alicyclic amines) is 1. The second-order valence-electron chi connectivity index (χ2n) is 4.47. The third-order valence-electron chi connectivity index (χ3n) is 3.39. The second kappa shape index (κ2) is 3.26. The number of carbonyl (C=O) groups is 2. The molecule has 2 aliphatic rings. The van der Waals surface area contributed by atoms with Crippen molar-refractivity contribution in [2.75, 3.05) is 13.1 Å². The van der Waals surface area contributed by atoms with E-state index in [2.05, 4.69) is 0 Å². The van der Waals surface area contributed by atoms with Crippen LogP contribution in [0, 0.1) is 5.41 Å². The topological polar surface area (TPSA) is 63.4 Å². The molecule has 2 fully saturated rings. The number of carbonyl (C=O) groups excluding carboxylic acids is 2. The molecule has 4 heteroatoms. The number of amides is 2. The molecular formula is C10H16N2O2. The molecule has 1 spiro atoms. The maximum absolute atomic E-state index is 11.8. The van der Waals surface area contributed by atoms with E-state index in [1.54, 1.807) is 4.90 Å². The van der Waals surface area contributed by atoms with Crippen LogP contribution in [0.2, 0.25) is 0 Å². The lowest BCUT2D eigenvalue weighted by Crippen LogP contribution is -2.63. The van der Waals surface area contributed by atoms with Crippen molar-refractivity contribution in [1.82, 2.24) is 4.90 Å². The van der Waals surface area contributed by atoms with Crippen LogP contribution in [0.1, 0.15) is 32.1 Å². The number of primary amides is 1. The zero-order valence-electron chi connectivity index (χ0n) is 8.29. The van der Waals surface area contributed by atoms with Gasteiger partial charge in [0.25, 0.3) is 0 Å². The molecular weight excluding hydrogens is 180 g/mol. The van der Waals surface area contributed by atoms with E-state index in [1.165, 1.54) is 6.42 Å². The Balaban J connectivity index is 1.94. The Labute approximate surface area is 83.4 Å². The van der Waals surface area contributed by atoms with Crippen molar-refractivity contribution in [3.63, 3.8) is 0 Å². The van der Waals surface area contributed by atoms with Gasteiger partial charge in [-0.25, -0.2) is 0 Å². The lowest BCUT2D eigenvalue weighted by molar-refractivity contribution is -0.165. The second-order valence-corrected chi connectivity index (χ2v) is 4.47. The van der Waals surface area contributed by atoms with Crippen molar-refractivity contribution in [2.24, 2.45) is 11.1 Å². The molecule has 1 saturated heterocycles. The van der Waals surface area contributed by atoms with Gasteiger partial charge in [0, 0.05) is 6.54 Å². The van der Waals surface area contributed by atoms with Gasteiger partial charge in [0.15, 0.2) is 0 Å². The first-order valence-electron chi connectivity index (χ1n) is 5.22. The molecule has 78 valence electrons. The zero-order chi connectivity index (χ0) is 10.2. The summed E-state index contributed by atoms with van der Waals surface area (Å²) in [5, 5.41) is 0. The fourth-order valence-corrected chi connectivity index (χ4v) is 2.67. The van der Waals surface area contributed by atoms with Crippen molar-refractivity contribution in [1.29, 1.82) is 0 Å². The SMILES string of the molecule is NC(=O)CN1CC2(CCCCC2)C1=O. The molecule has 0 aromatic heterocycles. The first-order chi connectivity index (χ1) is 6.64. The lowest BCUT2D eigenvalue weighted by atomic mass is 9.68. The van der Waals surface area contributed by atoms with Gasteiger partial charge in [-0.2, -0.15) is 0 Å². The zero-order valence-corrected chi connectivity index (χ0v) is 8.29. The van der Waals surface area contributed by atoms with Gasteiger partial charge in [0.2, 0.25) is 11.8 Å². The van der Waals surface area contributed by atoms with E-state index < -0.39 is 5.91 Å². The quantitative estimate of drug-likeness (QED) is 0.644. The molecule has 2 N–H and O–H groups in total. The van der Waals surface area contributed by atoms with Crippen LogP contribution in [0.25, 0.3) is 0 Å². The summed E-state index contributed by atoms with van der Waals surface area (Å²) in [6.07, 6.45) is 5.54. The largest absolute Gasteiger partial charge is 0.368 e. The van der Waals surface area contributed by atoms with Gasteiger partial charge in [0.05, 0.1) is 12.0 Å². The van der Waals surface area contributed by atoms with E-state index in [0.29, 0.717) is 0 Å². The average molecular weight is 196 g/mol. The van der Waals surface area contributed by atoms with Gasteiger partial charge in [0.1, 0.15) is 0 Å². The summed E-state index contributed by atoms with van der Waals surface area (Å²) < 4.78 is 0. The number of rotatable bonds is 2. The first-order valence-corrected chi connectivity index (χ1v) is 5.22. The fraction of sp³-hybridized carbons (Fsp3) is 0.800. The Morgan fingerprint density at radius 1 is 1.36 bits per heavy atom. The maximum Gasteiger partial charge on any atom is 0.237 e. The number of β-lactam (4-membered cyclic amide) rings is 1. The highest BCUT2D eigenvalue weighted by atomic mass is 16.2. The van der Waals surface area contributed by atoms with Crippen LogP contribution in [0.3, 0.4) is 0 Å². The van der Waals surface area contributed by atoms with Gasteiger partial charge in [-0.3, -0.25) is 9.59 Å². The molecule has 2 rings (SSSR count). The molecule has 1 saturated carbocycles. The minimum absolute atomic E-state index is 0.0978. The highest BCUT2D eigenvalue weighted by Crippen LogP contribution is 2.44. The van der Waals surface area contributed by atoms with Gasteiger partial charge in [-0.05, 0) is 12.8 Å². The Bertz CT molecular complexity index is 269. The Kier molecular flexibility index (Phi) is 2.21. The molecule has 0 aromatic rings. The summed E-state index contributed by atoms with van der Waals surface area (Å²) >= 11 is 0. The minimum atomic E-state index is -0.413. The van der Waals surface area contributed by atoms with E-state index >= 15 is 0 Å². The van der Waals surface area contributed by atoms with E-state index in [4.69, 9.17) is 5.73 Å². The molecule has 0 atom stereocenters. The van der Waals surface area contributed by atoms with E-state index in [1.807, 2.05) is 0 Å². The van der Waals surface area contributed by atoms with Crippen molar-refractivity contribution < 1.29 is 9.59 Å². The van der Waals surface area contributed by atoms with Crippen molar-refractivity contribution >= 4 is 11.8 Å². The highest BCUT2D eigenvalue weighted by Gasteiger charge is 2.51. The van der Waals surface area contributed by atoms with Crippen molar-refractivity contribution in [3.05, 3.63) is 0 Å². The monoisotopic (exact) mass is 196 g/mol. The third-order valence-corrected chi connectivity index (χ3v) is 3.39. The molecule has 14 heavy (non-hydrogen) atoms. The third kappa shape index (κ3) is 1.38. The molecule has 0 bridgehead atoms. The van der Waals surface area contributed by atoms with Gasteiger partial charge in [-0.15, -0.1) is 0 Å². The van der Waals surface area contributed by atoms with Crippen LogP contribution in [0.4, 0.5) is 0 Å². The van der Waals surface area contributed by atoms with Gasteiger partial charge < -0.3 is 10.6 Å². The van der Waals surface area contributed by atoms with Crippen LogP contribution in [0.5, 0.6) is 0 Å². The molecule has 1 heterocycles. The fourth-order valence-electron chi connectivity index (χ4n) is 2.67. The number of hydrogen-bond acceptors (Lipinski definition) is 2. The first kappa shape index (κ1) is 9.49. The average Bonchev–Trinajstić information content (AvgIpc) is 2.18. The lowest BCUT2D eigenvalue weighted by Gasteiger charge is -2.50. The molecule has 1 aliphatic carbocycles. The minimum Gasteiger partial charge on any atom is -0.368 e. The summed E-state index contributed by atoms with van der Waals surface area (Å²) in [6.45, 7) is 0.843.